The first-order valence-electron chi connectivity index (χ1n) is 4.79. The Morgan fingerprint density at radius 3 is 2.67 bits per heavy atom. The summed E-state index contributed by atoms with van der Waals surface area (Å²) in [5.74, 6) is 0.765. The number of hydrogen-bond donors (Lipinski definition) is 3. The smallest absolute Gasteiger partial charge is 0.0443 e. The van der Waals surface area contributed by atoms with Gasteiger partial charge in [0.2, 0.25) is 0 Å². The largest absolute Gasteiger partial charge is 0.396 e. The van der Waals surface area contributed by atoms with Crippen molar-refractivity contribution in [2.45, 2.75) is 31.7 Å². The zero-order valence-electron chi connectivity index (χ0n) is 7.84. The molecule has 0 aliphatic heterocycles. The molecule has 1 unspecified atom stereocenters. The number of rotatable bonds is 6. The Labute approximate surface area is 74.3 Å². The summed E-state index contributed by atoms with van der Waals surface area (Å²) < 4.78 is 0. The van der Waals surface area contributed by atoms with E-state index in [4.69, 9.17) is 10.8 Å². The van der Waals surface area contributed by atoms with E-state index in [1.54, 1.807) is 0 Å². The van der Waals surface area contributed by atoms with Crippen LogP contribution in [0.4, 0.5) is 0 Å². The lowest BCUT2D eigenvalue weighted by Gasteiger charge is -2.29. The molecule has 12 heavy (non-hydrogen) atoms. The fraction of sp³-hybridized carbons (Fsp3) is 1.00. The zero-order valence-corrected chi connectivity index (χ0v) is 7.84. The van der Waals surface area contributed by atoms with Gasteiger partial charge in [-0.25, -0.2) is 0 Å². The maximum Gasteiger partial charge on any atom is 0.0443 e. The highest BCUT2D eigenvalue weighted by Gasteiger charge is 2.39. The minimum absolute atomic E-state index is 0.120. The molecule has 0 bridgehead atoms. The van der Waals surface area contributed by atoms with E-state index in [9.17, 15) is 0 Å². The van der Waals surface area contributed by atoms with Gasteiger partial charge >= 0.3 is 0 Å². The molecule has 1 rings (SSSR count). The van der Waals surface area contributed by atoms with E-state index < -0.39 is 0 Å². The molecule has 1 fully saturated rings. The fourth-order valence-corrected chi connectivity index (χ4v) is 1.56. The second-order valence-corrected chi connectivity index (χ2v) is 3.90. The summed E-state index contributed by atoms with van der Waals surface area (Å²) in [6, 6.07) is 0. The molecule has 0 saturated heterocycles. The van der Waals surface area contributed by atoms with Crippen LogP contribution in [0.25, 0.3) is 0 Å². The minimum atomic E-state index is 0.120. The number of aliphatic hydroxyl groups is 1. The van der Waals surface area contributed by atoms with Crippen molar-refractivity contribution in [2.75, 3.05) is 19.7 Å². The van der Waals surface area contributed by atoms with Gasteiger partial charge in [-0.05, 0) is 38.6 Å². The Hall–Kier alpha value is -0.120. The van der Waals surface area contributed by atoms with Gasteiger partial charge in [0.1, 0.15) is 0 Å². The Bertz CT molecular complexity index is 136. The summed E-state index contributed by atoms with van der Waals surface area (Å²) >= 11 is 0. The van der Waals surface area contributed by atoms with Gasteiger partial charge in [0.15, 0.2) is 0 Å². The lowest BCUT2D eigenvalue weighted by Crippen LogP contribution is -2.51. The van der Waals surface area contributed by atoms with Gasteiger partial charge in [0.05, 0.1) is 0 Å². The van der Waals surface area contributed by atoms with Crippen molar-refractivity contribution < 1.29 is 5.11 Å². The molecule has 0 heterocycles. The van der Waals surface area contributed by atoms with E-state index in [-0.39, 0.29) is 12.1 Å². The molecule has 3 nitrogen and oxygen atoms in total. The lowest BCUT2D eigenvalue weighted by molar-refractivity contribution is 0.263. The van der Waals surface area contributed by atoms with Crippen molar-refractivity contribution >= 4 is 0 Å². The molecular weight excluding hydrogens is 152 g/mol. The van der Waals surface area contributed by atoms with Gasteiger partial charge in [-0.3, -0.25) is 0 Å². The first-order valence-corrected chi connectivity index (χ1v) is 4.79. The van der Waals surface area contributed by atoms with Crippen LogP contribution in [0.2, 0.25) is 0 Å². The van der Waals surface area contributed by atoms with Crippen LogP contribution in [0.1, 0.15) is 26.2 Å². The molecule has 0 spiro atoms. The second kappa shape index (κ2) is 4.21. The molecule has 1 saturated carbocycles. The van der Waals surface area contributed by atoms with Gasteiger partial charge in [-0.15, -0.1) is 0 Å². The summed E-state index contributed by atoms with van der Waals surface area (Å²) in [4.78, 5) is 0. The zero-order chi connectivity index (χ0) is 9.03. The molecule has 0 aromatic carbocycles. The molecule has 1 atom stereocenters. The summed E-state index contributed by atoms with van der Waals surface area (Å²) in [6.45, 7) is 4.02. The van der Waals surface area contributed by atoms with Crippen molar-refractivity contribution in [1.82, 2.24) is 5.32 Å². The Balaban J connectivity index is 2.23. The second-order valence-electron chi connectivity index (χ2n) is 3.90. The Morgan fingerprint density at radius 2 is 2.25 bits per heavy atom. The predicted molar refractivity (Wildman–Crippen MR) is 49.9 cm³/mol. The van der Waals surface area contributed by atoms with Crippen molar-refractivity contribution in [2.24, 2.45) is 11.7 Å². The number of aliphatic hydroxyl groups excluding tert-OH is 1. The first-order chi connectivity index (χ1) is 5.73. The molecular formula is C9H20N2O. The molecule has 4 N–H and O–H groups in total. The van der Waals surface area contributed by atoms with Gasteiger partial charge in [-0.2, -0.15) is 0 Å². The summed E-state index contributed by atoms with van der Waals surface area (Å²) in [5.41, 5.74) is 5.83. The molecule has 3 heteroatoms. The maximum atomic E-state index is 8.62. The normalized spacial score (nSPS) is 22.2. The average molecular weight is 172 g/mol. The lowest BCUT2D eigenvalue weighted by atomic mass is 9.96. The van der Waals surface area contributed by atoms with E-state index in [1.807, 2.05) is 0 Å². The summed E-state index contributed by atoms with van der Waals surface area (Å²) in [6.07, 6.45) is 3.43. The van der Waals surface area contributed by atoms with Crippen molar-refractivity contribution in [3.05, 3.63) is 0 Å². The van der Waals surface area contributed by atoms with Crippen LogP contribution in [-0.4, -0.2) is 30.3 Å². The van der Waals surface area contributed by atoms with Gasteiger partial charge in [0, 0.05) is 18.7 Å². The Morgan fingerprint density at radius 1 is 1.58 bits per heavy atom. The van der Waals surface area contributed by atoms with Crippen LogP contribution in [0.5, 0.6) is 0 Å². The number of hydrogen-bond acceptors (Lipinski definition) is 3. The molecule has 0 aromatic heterocycles. The number of nitrogens with two attached hydrogens (primary N) is 1. The van der Waals surface area contributed by atoms with Crippen molar-refractivity contribution in [1.29, 1.82) is 0 Å². The third-order valence-corrected chi connectivity index (χ3v) is 2.77. The third-order valence-electron chi connectivity index (χ3n) is 2.77. The topological polar surface area (TPSA) is 58.3 Å². The van der Waals surface area contributed by atoms with Crippen LogP contribution >= 0.6 is 0 Å². The maximum absolute atomic E-state index is 8.62. The molecule has 1 aliphatic rings. The van der Waals surface area contributed by atoms with E-state index in [0.717, 1.165) is 18.9 Å². The van der Waals surface area contributed by atoms with E-state index in [0.29, 0.717) is 6.54 Å². The minimum Gasteiger partial charge on any atom is -0.396 e. The van der Waals surface area contributed by atoms with Crippen LogP contribution in [-0.2, 0) is 0 Å². The molecule has 1 aliphatic carbocycles. The third kappa shape index (κ3) is 2.44. The standard InChI is InChI=1S/C9H20N2O/c1-9(7-10,8-3-4-8)11-5-2-6-12/h8,11-12H,2-7,10H2,1H3. The van der Waals surface area contributed by atoms with Crippen LogP contribution in [0.15, 0.2) is 0 Å². The quantitative estimate of drug-likeness (QED) is 0.497. The average Bonchev–Trinajstić information content (AvgIpc) is 2.87. The van der Waals surface area contributed by atoms with Gasteiger partial charge in [-0.1, -0.05) is 0 Å². The van der Waals surface area contributed by atoms with E-state index in [2.05, 4.69) is 12.2 Å². The molecule has 0 radical (unpaired) electrons. The fourth-order valence-electron chi connectivity index (χ4n) is 1.56. The highest BCUT2D eigenvalue weighted by Crippen LogP contribution is 2.38. The van der Waals surface area contributed by atoms with Gasteiger partial charge < -0.3 is 16.2 Å². The number of nitrogens with one attached hydrogen (secondary N) is 1. The predicted octanol–water partition coefficient (Wildman–Crippen LogP) is 0.0858. The Kier molecular flexibility index (Phi) is 3.50. The van der Waals surface area contributed by atoms with Gasteiger partial charge in [0.25, 0.3) is 0 Å². The van der Waals surface area contributed by atoms with E-state index in [1.165, 1.54) is 12.8 Å². The molecule has 72 valence electrons. The monoisotopic (exact) mass is 172 g/mol. The van der Waals surface area contributed by atoms with Crippen molar-refractivity contribution in [3.63, 3.8) is 0 Å². The summed E-state index contributed by atoms with van der Waals surface area (Å²) in [7, 11) is 0. The SMILES string of the molecule is CC(CN)(NCCCO)C1CC1. The van der Waals surface area contributed by atoms with Crippen molar-refractivity contribution in [3.8, 4) is 0 Å². The molecule has 0 amide bonds. The highest BCUT2D eigenvalue weighted by molar-refractivity contribution is 4.98. The van der Waals surface area contributed by atoms with E-state index >= 15 is 0 Å². The van der Waals surface area contributed by atoms with Crippen LogP contribution < -0.4 is 11.1 Å². The first kappa shape index (κ1) is 9.96. The van der Waals surface area contributed by atoms with Crippen LogP contribution in [0, 0.1) is 5.92 Å². The van der Waals surface area contributed by atoms with Crippen LogP contribution in [0.3, 0.4) is 0 Å². The molecule has 0 aromatic rings. The summed E-state index contributed by atoms with van der Waals surface area (Å²) in [5, 5.41) is 12.0. The highest BCUT2D eigenvalue weighted by atomic mass is 16.3.